The molecule has 2 N–H and O–H groups in total. The fourth-order valence-electron chi connectivity index (χ4n) is 2.86. The Labute approximate surface area is 167 Å². The third kappa shape index (κ3) is 6.82. The third-order valence-electron chi connectivity index (χ3n) is 4.49. The van der Waals surface area contributed by atoms with Gasteiger partial charge in [-0.2, -0.15) is 0 Å². The fraction of sp³-hybridized carbons (Fsp3) is 0.391. The van der Waals surface area contributed by atoms with Gasteiger partial charge in [-0.3, -0.25) is 14.9 Å². The number of esters is 1. The minimum Gasteiger partial charge on any atom is -0.460 e. The topological polar surface area (TPSA) is 67.4 Å². The van der Waals surface area contributed by atoms with Gasteiger partial charge in [0.25, 0.3) is 0 Å². The fourth-order valence-corrected chi connectivity index (χ4v) is 2.86. The molecule has 28 heavy (non-hydrogen) atoms. The first-order chi connectivity index (χ1) is 13.3. The van der Waals surface area contributed by atoms with Gasteiger partial charge in [0, 0.05) is 6.04 Å². The first-order valence-corrected chi connectivity index (χ1v) is 9.55. The van der Waals surface area contributed by atoms with E-state index < -0.39 is 12.0 Å². The van der Waals surface area contributed by atoms with E-state index in [4.69, 9.17) is 4.74 Å². The average molecular weight is 383 g/mol. The highest BCUT2D eigenvalue weighted by molar-refractivity contribution is 5.86. The molecule has 2 aromatic carbocycles. The van der Waals surface area contributed by atoms with Crippen LogP contribution in [-0.4, -0.2) is 24.5 Å². The molecular weight excluding hydrogens is 352 g/mol. The molecule has 0 saturated carbocycles. The van der Waals surface area contributed by atoms with Gasteiger partial charge in [-0.25, -0.2) is 0 Å². The van der Waals surface area contributed by atoms with Crippen molar-refractivity contribution >= 4 is 11.9 Å². The zero-order chi connectivity index (χ0) is 20.6. The second-order valence-corrected chi connectivity index (χ2v) is 7.96. The number of amides is 1. The maximum Gasteiger partial charge on any atom is 0.325 e. The molecule has 0 aromatic heterocycles. The van der Waals surface area contributed by atoms with E-state index in [9.17, 15) is 9.59 Å². The molecule has 0 unspecified atom stereocenters. The van der Waals surface area contributed by atoms with Gasteiger partial charge in [0.15, 0.2) is 0 Å². The molecule has 5 nitrogen and oxygen atoms in total. The van der Waals surface area contributed by atoms with Crippen molar-refractivity contribution in [3.8, 4) is 0 Å². The quantitative estimate of drug-likeness (QED) is 0.685. The summed E-state index contributed by atoms with van der Waals surface area (Å²) in [5, 5.41) is 6.10. The molecule has 5 heteroatoms. The first-order valence-electron chi connectivity index (χ1n) is 9.55. The Balaban J connectivity index is 1.89. The van der Waals surface area contributed by atoms with Crippen molar-refractivity contribution in [3.05, 3.63) is 71.8 Å². The molecule has 2 atom stereocenters. The molecule has 1 amide bonds. The van der Waals surface area contributed by atoms with Crippen molar-refractivity contribution in [2.24, 2.45) is 5.41 Å². The van der Waals surface area contributed by atoms with Crippen molar-refractivity contribution in [1.29, 1.82) is 0 Å². The minimum absolute atomic E-state index is 0.00112. The Morgan fingerprint density at radius 1 is 0.964 bits per heavy atom. The molecule has 0 aliphatic heterocycles. The normalized spacial score (nSPS) is 13.4. The van der Waals surface area contributed by atoms with Gasteiger partial charge in [-0.05, 0) is 23.5 Å². The Morgan fingerprint density at radius 2 is 1.54 bits per heavy atom. The SMILES string of the molecule is C[C@H](N[C@H](C(=O)NCC(=O)OCc1ccccc1)C(C)(C)C)c1ccccc1. The van der Waals surface area contributed by atoms with Crippen LogP contribution < -0.4 is 10.6 Å². The summed E-state index contributed by atoms with van der Waals surface area (Å²) in [5.74, 6) is -0.673. The van der Waals surface area contributed by atoms with Gasteiger partial charge >= 0.3 is 5.97 Å². The van der Waals surface area contributed by atoms with Crippen LogP contribution in [0, 0.1) is 5.41 Å². The molecular formula is C23H30N2O3. The molecule has 0 radical (unpaired) electrons. The average Bonchev–Trinajstić information content (AvgIpc) is 2.69. The Morgan fingerprint density at radius 3 is 2.11 bits per heavy atom. The second kappa shape index (κ2) is 10.0. The monoisotopic (exact) mass is 382 g/mol. The van der Waals surface area contributed by atoms with Crippen LogP contribution in [0.5, 0.6) is 0 Å². The maximum absolute atomic E-state index is 12.8. The van der Waals surface area contributed by atoms with E-state index >= 15 is 0 Å². The molecule has 0 fully saturated rings. The van der Waals surface area contributed by atoms with Crippen LogP contribution in [0.2, 0.25) is 0 Å². The minimum atomic E-state index is -0.457. The van der Waals surface area contributed by atoms with Gasteiger partial charge in [0.05, 0.1) is 6.04 Å². The van der Waals surface area contributed by atoms with Crippen molar-refractivity contribution in [3.63, 3.8) is 0 Å². The van der Waals surface area contributed by atoms with Gasteiger partial charge < -0.3 is 10.1 Å². The lowest BCUT2D eigenvalue weighted by Gasteiger charge is -2.33. The number of carbonyl (C=O) groups excluding carboxylic acids is 2. The van der Waals surface area contributed by atoms with Crippen LogP contribution >= 0.6 is 0 Å². The van der Waals surface area contributed by atoms with Gasteiger partial charge in [-0.15, -0.1) is 0 Å². The highest BCUT2D eigenvalue weighted by Crippen LogP contribution is 2.23. The lowest BCUT2D eigenvalue weighted by Crippen LogP contribution is -2.53. The lowest BCUT2D eigenvalue weighted by atomic mass is 9.85. The molecule has 2 aromatic rings. The summed E-state index contributed by atoms with van der Waals surface area (Å²) in [6, 6.07) is 19.0. The van der Waals surface area contributed by atoms with Gasteiger partial charge in [0.2, 0.25) is 5.91 Å². The van der Waals surface area contributed by atoms with Crippen molar-refractivity contribution in [1.82, 2.24) is 10.6 Å². The summed E-state index contributed by atoms with van der Waals surface area (Å²) in [4.78, 5) is 24.7. The highest BCUT2D eigenvalue weighted by atomic mass is 16.5. The predicted octanol–water partition coefficient (Wildman–Crippen LogP) is 3.61. The summed E-state index contributed by atoms with van der Waals surface area (Å²) < 4.78 is 5.22. The van der Waals surface area contributed by atoms with Crippen LogP contribution in [0.1, 0.15) is 44.9 Å². The number of hydrogen-bond acceptors (Lipinski definition) is 4. The van der Waals surface area contributed by atoms with E-state index in [1.165, 1.54) is 0 Å². The van der Waals surface area contributed by atoms with Crippen LogP contribution in [0.3, 0.4) is 0 Å². The molecule has 0 heterocycles. The van der Waals surface area contributed by atoms with Crippen LogP contribution in [0.15, 0.2) is 60.7 Å². The van der Waals surface area contributed by atoms with E-state index in [2.05, 4.69) is 10.6 Å². The third-order valence-corrected chi connectivity index (χ3v) is 4.49. The van der Waals surface area contributed by atoms with Crippen LogP contribution in [0.4, 0.5) is 0 Å². The Bertz CT molecular complexity index is 754. The van der Waals surface area contributed by atoms with E-state index in [0.717, 1.165) is 11.1 Å². The van der Waals surface area contributed by atoms with Gasteiger partial charge in [0.1, 0.15) is 13.2 Å². The molecule has 0 aliphatic carbocycles. The summed E-state index contributed by atoms with van der Waals surface area (Å²) in [6.45, 7) is 8.05. The molecule has 0 aliphatic rings. The summed E-state index contributed by atoms with van der Waals surface area (Å²) in [5.41, 5.74) is 1.70. The number of nitrogens with one attached hydrogen (secondary N) is 2. The summed E-state index contributed by atoms with van der Waals surface area (Å²) in [7, 11) is 0. The van der Waals surface area contributed by atoms with E-state index in [0.29, 0.717) is 0 Å². The Kier molecular flexibility index (Phi) is 7.76. The number of benzene rings is 2. The molecule has 2 rings (SSSR count). The second-order valence-electron chi connectivity index (χ2n) is 7.96. The molecule has 0 spiro atoms. The van der Waals surface area contributed by atoms with E-state index in [1.807, 2.05) is 88.4 Å². The van der Waals surface area contributed by atoms with E-state index in [1.54, 1.807) is 0 Å². The molecule has 150 valence electrons. The van der Waals surface area contributed by atoms with Crippen molar-refractivity contribution < 1.29 is 14.3 Å². The number of rotatable bonds is 8. The largest absolute Gasteiger partial charge is 0.460 e. The number of hydrogen-bond donors (Lipinski definition) is 2. The van der Waals surface area contributed by atoms with Crippen molar-refractivity contribution in [2.75, 3.05) is 6.54 Å². The highest BCUT2D eigenvalue weighted by Gasteiger charge is 2.32. The smallest absolute Gasteiger partial charge is 0.325 e. The van der Waals surface area contributed by atoms with Crippen LogP contribution in [0.25, 0.3) is 0 Å². The first kappa shape index (κ1) is 21.6. The Hall–Kier alpha value is -2.66. The standard InChI is InChI=1S/C23H30N2O3/c1-17(19-13-9-6-10-14-19)25-21(23(2,3)4)22(27)24-15-20(26)28-16-18-11-7-5-8-12-18/h5-14,17,21,25H,15-16H2,1-4H3,(H,24,27)/t17-,21+/m0/s1. The number of carbonyl (C=O) groups is 2. The molecule has 0 saturated heterocycles. The lowest BCUT2D eigenvalue weighted by molar-refractivity contribution is -0.145. The maximum atomic E-state index is 12.8. The van der Waals surface area contributed by atoms with Gasteiger partial charge in [-0.1, -0.05) is 81.4 Å². The zero-order valence-electron chi connectivity index (χ0n) is 17.1. The van der Waals surface area contributed by atoms with Crippen LogP contribution in [-0.2, 0) is 20.9 Å². The number of ether oxygens (including phenoxy) is 1. The predicted molar refractivity (Wildman–Crippen MR) is 110 cm³/mol. The summed E-state index contributed by atoms with van der Waals surface area (Å²) in [6.07, 6.45) is 0. The van der Waals surface area contributed by atoms with E-state index in [-0.39, 0.29) is 30.5 Å². The zero-order valence-corrected chi connectivity index (χ0v) is 17.1. The molecule has 0 bridgehead atoms. The summed E-state index contributed by atoms with van der Waals surface area (Å²) >= 11 is 0. The van der Waals surface area contributed by atoms with Crippen molar-refractivity contribution in [2.45, 2.75) is 46.4 Å².